The van der Waals surface area contributed by atoms with Gasteiger partial charge in [-0.2, -0.15) is 0 Å². The topological polar surface area (TPSA) is 115 Å². The highest BCUT2D eigenvalue weighted by Gasteiger charge is 2.40. The number of hydrogen-bond donors (Lipinski definition) is 3. The molecular formula is C10H18NO6P. The maximum absolute atomic E-state index is 12.0. The van der Waals surface area contributed by atoms with Gasteiger partial charge in [-0.05, 0) is 25.9 Å². The second-order valence-corrected chi connectivity index (χ2v) is 6.95. The van der Waals surface area contributed by atoms with Crippen molar-refractivity contribution in [2.75, 3.05) is 19.4 Å². The Kier molecular flexibility index (Phi) is 5.31. The minimum Gasteiger partial charge on any atom is -0.481 e. The first-order valence-electron chi connectivity index (χ1n) is 5.81. The van der Waals surface area contributed by atoms with E-state index in [0.717, 1.165) is 19.3 Å². The van der Waals surface area contributed by atoms with E-state index in [4.69, 9.17) is 10.2 Å². The third kappa shape index (κ3) is 4.40. The SMILES string of the molecule is O=C(O)CC(C(=O)O)P(=O)(O)CN1CCCCC1. The molecule has 7 nitrogen and oxygen atoms in total. The van der Waals surface area contributed by atoms with E-state index in [0.29, 0.717) is 13.1 Å². The minimum atomic E-state index is -4.04. The highest BCUT2D eigenvalue weighted by atomic mass is 31.2. The highest BCUT2D eigenvalue weighted by Crippen LogP contribution is 2.48. The predicted molar refractivity (Wildman–Crippen MR) is 63.8 cm³/mol. The molecular weight excluding hydrogens is 261 g/mol. The number of likely N-dealkylation sites (tertiary alicyclic amines) is 1. The number of carbonyl (C=O) groups is 2. The Morgan fingerprint density at radius 1 is 1.17 bits per heavy atom. The van der Waals surface area contributed by atoms with E-state index < -0.39 is 31.4 Å². The van der Waals surface area contributed by atoms with E-state index in [1.807, 2.05) is 0 Å². The van der Waals surface area contributed by atoms with E-state index in [2.05, 4.69) is 0 Å². The van der Waals surface area contributed by atoms with Crippen molar-refractivity contribution >= 4 is 19.3 Å². The van der Waals surface area contributed by atoms with Crippen molar-refractivity contribution in [3.8, 4) is 0 Å². The smallest absolute Gasteiger partial charge is 0.316 e. The molecule has 8 heteroatoms. The third-order valence-corrected chi connectivity index (χ3v) is 5.17. The minimum absolute atomic E-state index is 0.239. The van der Waals surface area contributed by atoms with Gasteiger partial charge in [-0.15, -0.1) is 0 Å². The summed E-state index contributed by atoms with van der Waals surface area (Å²) in [5.74, 6) is -2.91. The zero-order valence-corrected chi connectivity index (χ0v) is 10.9. The summed E-state index contributed by atoms with van der Waals surface area (Å²) in [4.78, 5) is 33.0. The summed E-state index contributed by atoms with van der Waals surface area (Å²) < 4.78 is 12.0. The van der Waals surface area contributed by atoms with Crippen LogP contribution in [0, 0.1) is 0 Å². The number of carboxylic acid groups (broad SMARTS) is 2. The number of aliphatic carboxylic acids is 2. The van der Waals surface area contributed by atoms with Gasteiger partial charge in [-0.1, -0.05) is 6.42 Å². The van der Waals surface area contributed by atoms with E-state index in [-0.39, 0.29) is 6.29 Å². The largest absolute Gasteiger partial charge is 0.481 e. The van der Waals surface area contributed by atoms with Gasteiger partial charge in [0.25, 0.3) is 0 Å². The Morgan fingerprint density at radius 3 is 2.17 bits per heavy atom. The molecule has 0 aromatic rings. The van der Waals surface area contributed by atoms with Gasteiger partial charge < -0.3 is 15.1 Å². The summed E-state index contributed by atoms with van der Waals surface area (Å²) in [6.07, 6.45) is 1.82. The lowest BCUT2D eigenvalue weighted by atomic mass is 10.1. The quantitative estimate of drug-likeness (QED) is 0.610. The molecule has 0 spiro atoms. The predicted octanol–water partition coefficient (Wildman–Crippen LogP) is 0.628. The van der Waals surface area contributed by atoms with E-state index in [1.54, 1.807) is 4.90 Å². The maximum atomic E-state index is 12.0. The Hall–Kier alpha value is -0.910. The van der Waals surface area contributed by atoms with Crippen LogP contribution in [0.1, 0.15) is 25.7 Å². The van der Waals surface area contributed by atoms with Crippen LogP contribution in [0.25, 0.3) is 0 Å². The lowest BCUT2D eigenvalue weighted by Crippen LogP contribution is -2.34. The second kappa shape index (κ2) is 6.31. The Balaban J connectivity index is 2.70. The number of carboxylic acids is 2. The molecule has 1 fully saturated rings. The molecule has 18 heavy (non-hydrogen) atoms. The molecule has 2 atom stereocenters. The van der Waals surface area contributed by atoms with Crippen molar-refractivity contribution in [3.63, 3.8) is 0 Å². The lowest BCUT2D eigenvalue weighted by Gasteiger charge is -2.29. The van der Waals surface area contributed by atoms with Gasteiger partial charge >= 0.3 is 11.9 Å². The van der Waals surface area contributed by atoms with Crippen LogP contribution in [-0.2, 0) is 14.2 Å². The van der Waals surface area contributed by atoms with Gasteiger partial charge in [0.15, 0.2) is 0 Å². The van der Waals surface area contributed by atoms with Crippen LogP contribution < -0.4 is 0 Å². The van der Waals surface area contributed by atoms with Crippen LogP contribution in [0.3, 0.4) is 0 Å². The number of hydrogen-bond acceptors (Lipinski definition) is 4. The fourth-order valence-electron chi connectivity index (χ4n) is 2.05. The number of rotatable bonds is 6. The summed E-state index contributed by atoms with van der Waals surface area (Å²) in [5.41, 5.74) is -1.73. The van der Waals surface area contributed by atoms with Crippen molar-refractivity contribution in [3.05, 3.63) is 0 Å². The standard InChI is InChI=1S/C10H18NO6P/c12-9(13)6-8(10(14)15)18(16,17)7-11-4-2-1-3-5-11/h8H,1-7H2,(H,12,13)(H,14,15)(H,16,17). The Morgan fingerprint density at radius 2 is 1.72 bits per heavy atom. The molecule has 0 saturated carbocycles. The molecule has 0 amide bonds. The van der Waals surface area contributed by atoms with Gasteiger partial charge in [0.1, 0.15) is 5.66 Å². The van der Waals surface area contributed by atoms with Crippen molar-refractivity contribution in [1.29, 1.82) is 0 Å². The van der Waals surface area contributed by atoms with Gasteiger partial charge in [0, 0.05) is 0 Å². The molecule has 1 rings (SSSR count). The van der Waals surface area contributed by atoms with Crippen LogP contribution in [-0.4, -0.2) is 57.0 Å². The monoisotopic (exact) mass is 279 g/mol. The molecule has 1 aliphatic heterocycles. The summed E-state index contributed by atoms with van der Waals surface area (Å²) in [6.45, 7) is 1.31. The fraction of sp³-hybridized carbons (Fsp3) is 0.800. The van der Waals surface area contributed by atoms with E-state index in [1.165, 1.54) is 0 Å². The average Bonchev–Trinajstić information content (AvgIpc) is 2.26. The molecule has 0 aliphatic carbocycles. The lowest BCUT2D eigenvalue weighted by molar-refractivity contribution is -0.143. The first kappa shape index (κ1) is 15.1. The highest BCUT2D eigenvalue weighted by molar-refractivity contribution is 7.59. The van der Waals surface area contributed by atoms with Gasteiger partial charge in [-0.25, -0.2) is 0 Å². The van der Waals surface area contributed by atoms with Crippen LogP contribution >= 0.6 is 7.37 Å². The third-order valence-electron chi connectivity index (χ3n) is 2.99. The summed E-state index contributed by atoms with van der Waals surface area (Å²) >= 11 is 0. The second-order valence-electron chi connectivity index (χ2n) is 4.53. The first-order valence-corrected chi connectivity index (χ1v) is 7.73. The van der Waals surface area contributed by atoms with Crippen molar-refractivity contribution in [1.82, 2.24) is 4.90 Å². The van der Waals surface area contributed by atoms with Gasteiger partial charge in [-0.3, -0.25) is 19.1 Å². The molecule has 1 saturated heterocycles. The molecule has 2 unspecified atom stereocenters. The molecule has 104 valence electrons. The summed E-state index contributed by atoms with van der Waals surface area (Å²) in [7, 11) is -4.04. The van der Waals surface area contributed by atoms with Crippen molar-refractivity contribution < 1.29 is 29.3 Å². The maximum Gasteiger partial charge on any atom is 0.316 e. The van der Waals surface area contributed by atoms with Crippen molar-refractivity contribution in [2.45, 2.75) is 31.3 Å². The van der Waals surface area contributed by atoms with Gasteiger partial charge in [0.05, 0.1) is 12.7 Å². The Bertz CT molecular complexity index is 365. The van der Waals surface area contributed by atoms with Crippen LogP contribution in [0.5, 0.6) is 0 Å². The molecule has 0 aromatic heterocycles. The zero-order valence-electron chi connectivity index (χ0n) is 9.99. The van der Waals surface area contributed by atoms with Gasteiger partial charge in [0.2, 0.25) is 7.37 Å². The van der Waals surface area contributed by atoms with E-state index in [9.17, 15) is 19.0 Å². The molecule has 1 aliphatic rings. The molecule has 1 heterocycles. The molecule has 0 aromatic carbocycles. The van der Waals surface area contributed by atoms with E-state index >= 15 is 0 Å². The molecule has 3 N–H and O–H groups in total. The Labute approximate surface area is 105 Å². The zero-order chi connectivity index (χ0) is 13.8. The fourth-order valence-corrected chi connectivity index (χ4v) is 3.89. The molecule has 0 radical (unpaired) electrons. The van der Waals surface area contributed by atoms with Crippen molar-refractivity contribution in [2.24, 2.45) is 0 Å². The van der Waals surface area contributed by atoms with Crippen LogP contribution in [0.2, 0.25) is 0 Å². The number of nitrogens with zero attached hydrogens (tertiary/aromatic N) is 1. The van der Waals surface area contributed by atoms with Crippen LogP contribution in [0.4, 0.5) is 0 Å². The first-order chi connectivity index (χ1) is 8.33. The van der Waals surface area contributed by atoms with Crippen LogP contribution in [0.15, 0.2) is 0 Å². The average molecular weight is 279 g/mol. The molecule has 0 bridgehead atoms. The summed E-state index contributed by atoms with van der Waals surface area (Å²) in [5, 5.41) is 17.5. The normalized spacial score (nSPS) is 22.1. The number of piperidine rings is 1. The summed E-state index contributed by atoms with van der Waals surface area (Å²) in [6, 6.07) is 0.